The summed E-state index contributed by atoms with van der Waals surface area (Å²) in [6, 6.07) is 32.0. The number of hydrogen-bond acceptors (Lipinski definition) is 1. The van der Waals surface area contributed by atoms with Crippen molar-refractivity contribution in [3.8, 4) is 11.6 Å². The first kappa shape index (κ1) is 59.1. The van der Waals surface area contributed by atoms with E-state index in [1.807, 2.05) is 0 Å². The predicted molar refractivity (Wildman–Crippen MR) is 252 cm³/mol. The van der Waals surface area contributed by atoms with Crippen LogP contribution in [0.1, 0.15) is 69.4 Å². The highest BCUT2D eigenvalue weighted by Crippen LogP contribution is 2.31. The van der Waals surface area contributed by atoms with Gasteiger partial charge in [-0.05, 0) is 42.7 Å². The van der Waals surface area contributed by atoms with Gasteiger partial charge in [0.1, 0.15) is 58.4 Å². The Morgan fingerprint density at radius 2 is 0.671 bits per heavy atom. The van der Waals surface area contributed by atoms with Crippen LogP contribution in [0.3, 0.4) is 0 Å². The lowest BCUT2D eigenvalue weighted by atomic mass is 9.12. The van der Waals surface area contributed by atoms with E-state index in [-0.39, 0.29) is 0 Å². The molecule has 23 heteroatoms. The molecule has 0 saturated carbocycles. The molecule has 0 fully saturated rings. The number of para-hydroxylation sites is 1. The summed E-state index contributed by atoms with van der Waals surface area (Å²) in [6.07, 6.45) is 4.82. The molecule has 1 aromatic heterocycles. The first-order valence-corrected chi connectivity index (χ1v) is 24.0. The van der Waals surface area contributed by atoms with Crippen molar-refractivity contribution in [1.82, 2.24) is 0 Å². The van der Waals surface area contributed by atoms with Crippen molar-refractivity contribution in [3.05, 3.63) is 218 Å². The minimum absolute atomic E-state index is 0.772. The average Bonchev–Trinajstić information content (AvgIpc) is 3.28. The lowest BCUT2D eigenvalue weighted by molar-refractivity contribution is -0.666. The van der Waals surface area contributed by atoms with Crippen LogP contribution in [-0.2, 0) is 13.0 Å². The number of fused-ring (bicyclic) bond motifs is 1. The van der Waals surface area contributed by atoms with Gasteiger partial charge in [-0.2, -0.15) is 4.57 Å². The fourth-order valence-electron chi connectivity index (χ4n) is 9.44. The molecule has 416 valence electrons. The van der Waals surface area contributed by atoms with Gasteiger partial charge in [0, 0.05) is 17.0 Å². The molecule has 0 aliphatic rings. The monoisotopic (exact) mass is 1130 g/mol. The van der Waals surface area contributed by atoms with E-state index in [4.69, 9.17) is 4.74 Å². The van der Waals surface area contributed by atoms with Crippen LogP contribution >= 0.6 is 0 Å². The van der Waals surface area contributed by atoms with Gasteiger partial charge in [0.05, 0.1) is 6.07 Å². The third kappa shape index (κ3) is 11.1. The minimum Gasteiger partial charge on any atom is -0.405 e. The van der Waals surface area contributed by atoms with E-state index < -0.39 is 144 Å². The van der Waals surface area contributed by atoms with Crippen LogP contribution in [0.5, 0.6) is 11.6 Å². The van der Waals surface area contributed by atoms with Gasteiger partial charge in [0.25, 0.3) is 0 Å². The van der Waals surface area contributed by atoms with Crippen molar-refractivity contribution in [1.29, 1.82) is 0 Å². The van der Waals surface area contributed by atoms with E-state index in [1.54, 1.807) is 0 Å². The molecule has 0 saturated heterocycles. The molecule has 0 spiro atoms. The topological polar surface area (TPSA) is 13.1 Å². The normalized spacial score (nSPS) is 11.6. The largest absolute Gasteiger partial charge is 0.405 e. The SMILES string of the molecule is CCCCCCCCCCc1ccc(Oc2ccc3ccccc3[n+]2Cc2ccccc2)cc1.Fc1c(F)c(F)c([B-](c2c(F)c(F)c(F)c(F)c2F)(c2c(F)c(F)c(F)c(F)c2F)c2c(F)c(F)c(F)c(F)c2F)c(F)c1F. The molecule has 0 unspecified atom stereocenters. The van der Waals surface area contributed by atoms with Gasteiger partial charge in [0.15, 0.2) is 76.4 Å². The Bertz CT molecular complexity index is 3180. The lowest BCUT2D eigenvalue weighted by Crippen LogP contribution is -2.81. The molecule has 0 amide bonds. The molecule has 0 aliphatic heterocycles. The van der Waals surface area contributed by atoms with E-state index in [9.17, 15) is 52.7 Å². The van der Waals surface area contributed by atoms with Gasteiger partial charge in [-0.25, -0.2) is 87.8 Å². The summed E-state index contributed by atoms with van der Waals surface area (Å²) in [4.78, 5) is 0. The summed E-state index contributed by atoms with van der Waals surface area (Å²) in [5, 5.41) is 1.21. The number of halogens is 20. The van der Waals surface area contributed by atoms with Crippen LogP contribution in [0.2, 0.25) is 0 Å². The second kappa shape index (κ2) is 24.6. The van der Waals surface area contributed by atoms with Gasteiger partial charge in [0.2, 0.25) is 5.52 Å². The fraction of sp³-hybridized carbons (Fsp3) is 0.196. The third-order valence-corrected chi connectivity index (χ3v) is 13.3. The standard InChI is InChI=1S/C32H38NO.C24BF20/c1-2-3-4-5-6-7-8-10-15-27-20-23-30(24-21-27)34-32-25-22-29-18-13-14-19-31(29)33(32)26-28-16-11-9-12-17-28;26-5-1(6(27)14(35)21(42)13(5)34)25(2-7(28)15(36)22(43)16(37)8(2)29,3-9(30)17(38)23(44)18(39)10(3)31)4-11(32)19(40)24(45)20(41)12(4)33/h9,11-14,16-25H,2-8,10,15,26H2,1H3;/q+1;-1. The number of ether oxygens (including phenoxy) is 1. The molecule has 8 rings (SSSR count). The van der Waals surface area contributed by atoms with Gasteiger partial charge >= 0.3 is 5.88 Å². The summed E-state index contributed by atoms with van der Waals surface area (Å²) < 4.78 is 303. The summed E-state index contributed by atoms with van der Waals surface area (Å²) in [5.74, 6) is -69.7. The van der Waals surface area contributed by atoms with Gasteiger partial charge in [-0.15, -0.1) is 21.9 Å². The molecule has 0 N–H and O–H groups in total. The van der Waals surface area contributed by atoms with E-state index >= 15 is 35.1 Å². The number of nitrogens with zero attached hydrogens (tertiary/aromatic N) is 1. The Labute approximate surface area is 436 Å². The molecule has 0 radical (unpaired) electrons. The molecule has 1 heterocycles. The number of unbranched alkanes of at least 4 members (excludes halogenated alkanes) is 7. The number of aryl methyl sites for hydroxylation is 1. The van der Waals surface area contributed by atoms with Crippen molar-refractivity contribution in [2.45, 2.75) is 71.3 Å². The minimum atomic E-state index is -7.22. The highest BCUT2D eigenvalue weighted by atomic mass is 19.2. The first-order chi connectivity index (χ1) is 37.5. The van der Waals surface area contributed by atoms with E-state index in [1.165, 1.54) is 73.4 Å². The Kier molecular flexibility index (Phi) is 18.4. The summed E-state index contributed by atoms with van der Waals surface area (Å²) in [5.41, 5.74) is -10.5. The maximum atomic E-state index is 15.4. The van der Waals surface area contributed by atoms with Crippen LogP contribution in [0, 0.1) is 116 Å². The van der Waals surface area contributed by atoms with Crippen LogP contribution in [0.15, 0.2) is 91.0 Å². The zero-order chi connectivity index (χ0) is 57.8. The van der Waals surface area contributed by atoms with Crippen molar-refractivity contribution in [2.75, 3.05) is 0 Å². The van der Waals surface area contributed by atoms with Crippen molar-refractivity contribution >= 4 is 38.9 Å². The quantitative estimate of drug-likeness (QED) is 0.0221. The number of benzene rings is 7. The smallest absolute Gasteiger partial charge is 0.374 e. The van der Waals surface area contributed by atoms with Crippen LogP contribution in [0.25, 0.3) is 10.9 Å². The summed E-state index contributed by atoms with van der Waals surface area (Å²) >= 11 is 0. The number of pyridine rings is 1. The Morgan fingerprint density at radius 1 is 0.329 bits per heavy atom. The lowest BCUT2D eigenvalue weighted by Gasteiger charge is -2.44. The molecule has 8 aromatic rings. The molecule has 0 bridgehead atoms. The van der Waals surface area contributed by atoms with Gasteiger partial charge < -0.3 is 4.74 Å². The Morgan fingerprint density at radius 3 is 1.06 bits per heavy atom. The second-order valence-corrected chi connectivity index (χ2v) is 18.1. The van der Waals surface area contributed by atoms with Crippen LogP contribution < -0.4 is 31.2 Å². The van der Waals surface area contributed by atoms with Crippen LogP contribution in [0.4, 0.5) is 87.8 Å². The number of aromatic nitrogens is 1. The van der Waals surface area contributed by atoms with Gasteiger partial charge in [-0.1, -0.05) is 106 Å². The predicted octanol–water partition coefficient (Wildman–Crippen LogP) is 14.5. The Balaban J connectivity index is 0.000000237. The molecule has 79 heavy (non-hydrogen) atoms. The molecular formula is C56H38BF20NO. The van der Waals surface area contributed by atoms with Crippen molar-refractivity contribution in [3.63, 3.8) is 0 Å². The van der Waals surface area contributed by atoms with Gasteiger partial charge in [-0.3, -0.25) is 0 Å². The summed E-state index contributed by atoms with van der Waals surface area (Å²) in [6.45, 7) is 3.05. The molecule has 2 nitrogen and oxygen atoms in total. The Hall–Kier alpha value is -7.59. The van der Waals surface area contributed by atoms with E-state index in [0.29, 0.717) is 0 Å². The fourth-order valence-corrected chi connectivity index (χ4v) is 9.44. The first-order valence-electron chi connectivity index (χ1n) is 24.0. The van der Waals surface area contributed by atoms with E-state index in [0.717, 1.165) is 24.6 Å². The van der Waals surface area contributed by atoms with Crippen LogP contribution in [-0.4, -0.2) is 6.15 Å². The summed E-state index contributed by atoms with van der Waals surface area (Å²) in [7, 11) is 0. The maximum Gasteiger partial charge on any atom is 0.374 e. The number of hydrogen-bond donors (Lipinski definition) is 0. The molecule has 7 aromatic carbocycles. The second-order valence-electron chi connectivity index (χ2n) is 18.1. The highest BCUT2D eigenvalue weighted by molar-refractivity contribution is 7.20. The highest BCUT2D eigenvalue weighted by Gasteiger charge is 2.52. The van der Waals surface area contributed by atoms with Crippen molar-refractivity contribution < 1.29 is 97.1 Å². The molecular weight excluding hydrogens is 1090 g/mol. The van der Waals surface area contributed by atoms with E-state index in [2.05, 4.69) is 102 Å². The molecule has 0 atom stereocenters. The number of rotatable bonds is 17. The van der Waals surface area contributed by atoms with Crippen molar-refractivity contribution in [2.24, 2.45) is 0 Å². The maximum absolute atomic E-state index is 15.4. The zero-order valence-corrected chi connectivity index (χ0v) is 40.7. The third-order valence-electron chi connectivity index (χ3n) is 13.3. The zero-order valence-electron chi connectivity index (χ0n) is 40.7. The average molecular weight is 1130 g/mol. The molecule has 0 aliphatic carbocycles.